The van der Waals surface area contributed by atoms with E-state index in [1.54, 1.807) is 6.07 Å². The largest absolute Gasteiger partial charge is 0.496 e. The zero-order valence-electron chi connectivity index (χ0n) is 15.3. The zero-order chi connectivity index (χ0) is 18.6. The number of benzene rings is 2. The molecule has 0 amide bonds. The Hall–Kier alpha value is -2.82. The smallest absolute Gasteiger partial charge is 0.339 e. The molecule has 0 spiro atoms. The highest BCUT2D eigenvalue weighted by Gasteiger charge is 2.14. The molecule has 132 valence electrons. The minimum Gasteiger partial charge on any atom is -0.496 e. The minimum atomic E-state index is -1.04. The molecular weight excluding hydrogens is 316 g/mol. The second-order valence-corrected chi connectivity index (χ2v) is 6.24. The van der Waals surface area contributed by atoms with Gasteiger partial charge in [-0.15, -0.1) is 0 Å². The fourth-order valence-corrected chi connectivity index (χ4v) is 2.50. The van der Waals surface area contributed by atoms with E-state index in [1.165, 1.54) is 18.7 Å². The van der Waals surface area contributed by atoms with Crippen LogP contribution in [0.4, 0.5) is 11.4 Å². The van der Waals surface area contributed by atoms with E-state index >= 15 is 0 Å². The number of carboxylic acids is 1. The number of amidine groups is 1. The van der Waals surface area contributed by atoms with Crippen molar-refractivity contribution in [1.29, 1.82) is 0 Å². The summed E-state index contributed by atoms with van der Waals surface area (Å²) in [7, 11) is 1.46. The van der Waals surface area contributed by atoms with Crippen molar-refractivity contribution in [2.24, 2.45) is 4.99 Å². The van der Waals surface area contributed by atoms with Crippen molar-refractivity contribution >= 4 is 23.2 Å². The van der Waals surface area contributed by atoms with Crippen LogP contribution >= 0.6 is 0 Å². The number of aryl methyl sites for hydroxylation is 1. The SMILES string of the molecule is COc1cc(C)c(N=C(C)Nc2ccc(C(C)C)cc2)cc1C(=O)O. The van der Waals surface area contributed by atoms with Crippen LogP contribution < -0.4 is 10.1 Å². The molecule has 0 heterocycles. The van der Waals surface area contributed by atoms with Crippen molar-refractivity contribution < 1.29 is 14.6 Å². The van der Waals surface area contributed by atoms with Crippen LogP contribution in [0.2, 0.25) is 0 Å². The van der Waals surface area contributed by atoms with Crippen molar-refractivity contribution in [3.63, 3.8) is 0 Å². The number of methoxy groups -OCH3 is 1. The molecule has 25 heavy (non-hydrogen) atoms. The first-order valence-corrected chi connectivity index (χ1v) is 8.16. The van der Waals surface area contributed by atoms with Crippen molar-refractivity contribution in [1.82, 2.24) is 0 Å². The van der Waals surface area contributed by atoms with Crippen LogP contribution in [0.3, 0.4) is 0 Å². The number of anilines is 1. The molecule has 2 aromatic carbocycles. The van der Waals surface area contributed by atoms with E-state index in [1.807, 2.05) is 26.0 Å². The third-order valence-corrected chi connectivity index (χ3v) is 3.94. The van der Waals surface area contributed by atoms with E-state index in [2.05, 4.69) is 36.3 Å². The molecule has 0 saturated carbocycles. The summed E-state index contributed by atoms with van der Waals surface area (Å²) in [6, 6.07) is 11.4. The van der Waals surface area contributed by atoms with Crippen LogP contribution in [0.25, 0.3) is 0 Å². The Morgan fingerprint density at radius 1 is 1.20 bits per heavy atom. The lowest BCUT2D eigenvalue weighted by atomic mass is 10.0. The normalized spacial score (nSPS) is 11.5. The predicted molar refractivity (Wildman–Crippen MR) is 102 cm³/mol. The number of nitrogens with zero attached hydrogens (tertiary/aromatic N) is 1. The minimum absolute atomic E-state index is 0.0981. The lowest BCUT2D eigenvalue weighted by molar-refractivity contribution is 0.0693. The molecule has 0 aliphatic carbocycles. The lowest BCUT2D eigenvalue weighted by Gasteiger charge is -2.11. The van der Waals surface area contributed by atoms with Crippen LogP contribution in [-0.2, 0) is 0 Å². The molecule has 0 bridgehead atoms. The van der Waals surface area contributed by atoms with Gasteiger partial charge in [0.25, 0.3) is 0 Å². The molecule has 0 saturated heterocycles. The van der Waals surface area contributed by atoms with Crippen molar-refractivity contribution in [2.45, 2.75) is 33.6 Å². The van der Waals surface area contributed by atoms with Gasteiger partial charge in [-0.25, -0.2) is 9.79 Å². The fourth-order valence-electron chi connectivity index (χ4n) is 2.50. The standard InChI is InChI=1S/C20H24N2O3/c1-12(2)15-6-8-16(9-7-15)21-14(4)22-18-11-17(20(23)24)19(25-5)10-13(18)3/h6-12H,1-5H3,(H,21,22)(H,23,24). The number of ether oxygens (including phenoxy) is 1. The number of hydrogen-bond acceptors (Lipinski definition) is 3. The topological polar surface area (TPSA) is 70.9 Å². The molecule has 0 unspecified atom stereocenters. The third kappa shape index (κ3) is 4.59. The zero-order valence-corrected chi connectivity index (χ0v) is 15.3. The molecule has 0 aliphatic heterocycles. The second kappa shape index (κ2) is 7.83. The van der Waals surface area contributed by atoms with Gasteiger partial charge in [0.15, 0.2) is 0 Å². The van der Waals surface area contributed by atoms with Crippen LogP contribution in [0.15, 0.2) is 41.4 Å². The number of aliphatic imine (C=N–C) groups is 1. The number of rotatable bonds is 5. The van der Waals surface area contributed by atoms with Gasteiger partial charge in [-0.2, -0.15) is 0 Å². The Bertz CT molecular complexity index is 793. The van der Waals surface area contributed by atoms with Crippen LogP contribution in [0.5, 0.6) is 5.75 Å². The van der Waals surface area contributed by atoms with E-state index in [4.69, 9.17) is 4.74 Å². The van der Waals surface area contributed by atoms with Crippen LogP contribution in [-0.4, -0.2) is 24.0 Å². The molecular formula is C20H24N2O3. The summed E-state index contributed by atoms with van der Waals surface area (Å²) in [5.41, 5.74) is 3.76. The Labute approximate surface area is 148 Å². The third-order valence-electron chi connectivity index (χ3n) is 3.94. The maximum absolute atomic E-state index is 11.4. The summed E-state index contributed by atoms with van der Waals surface area (Å²) >= 11 is 0. The molecule has 0 atom stereocenters. The molecule has 0 aliphatic rings. The van der Waals surface area contributed by atoms with E-state index in [-0.39, 0.29) is 5.56 Å². The number of carbonyl (C=O) groups is 1. The quantitative estimate of drug-likeness (QED) is 0.594. The Morgan fingerprint density at radius 2 is 1.84 bits per heavy atom. The fraction of sp³-hybridized carbons (Fsp3) is 0.300. The maximum atomic E-state index is 11.4. The van der Waals surface area contributed by atoms with Gasteiger partial charge >= 0.3 is 5.97 Å². The highest BCUT2D eigenvalue weighted by molar-refractivity contribution is 5.97. The van der Waals surface area contributed by atoms with Gasteiger partial charge in [0.05, 0.1) is 12.8 Å². The summed E-state index contributed by atoms with van der Waals surface area (Å²) in [6.45, 7) is 8.03. The molecule has 5 nitrogen and oxygen atoms in total. The maximum Gasteiger partial charge on any atom is 0.339 e. The molecule has 5 heteroatoms. The Morgan fingerprint density at radius 3 is 2.36 bits per heavy atom. The molecule has 2 aromatic rings. The highest BCUT2D eigenvalue weighted by atomic mass is 16.5. The van der Waals surface area contributed by atoms with Crippen molar-refractivity contribution in [3.8, 4) is 5.75 Å². The summed E-state index contributed by atoms with van der Waals surface area (Å²) in [4.78, 5) is 15.9. The molecule has 0 fully saturated rings. The number of nitrogens with one attached hydrogen (secondary N) is 1. The Kier molecular flexibility index (Phi) is 5.80. The van der Waals surface area contributed by atoms with Gasteiger partial charge in [-0.1, -0.05) is 26.0 Å². The van der Waals surface area contributed by atoms with Crippen molar-refractivity contribution in [2.75, 3.05) is 12.4 Å². The average Bonchev–Trinajstić information content (AvgIpc) is 2.56. The first-order valence-electron chi connectivity index (χ1n) is 8.16. The Balaban J connectivity index is 2.26. The van der Waals surface area contributed by atoms with Gasteiger partial charge in [-0.3, -0.25) is 0 Å². The van der Waals surface area contributed by atoms with Gasteiger partial charge in [0.2, 0.25) is 0 Å². The average molecular weight is 340 g/mol. The number of aromatic carboxylic acids is 1. The van der Waals surface area contributed by atoms with Crippen LogP contribution in [0.1, 0.15) is 48.2 Å². The highest BCUT2D eigenvalue weighted by Crippen LogP contribution is 2.29. The van der Waals surface area contributed by atoms with E-state index in [0.717, 1.165) is 11.3 Å². The monoisotopic (exact) mass is 340 g/mol. The van der Waals surface area contributed by atoms with E-state index in [9.17, 15) is 9.90 Å². The van der Waals surface area contributed by atoms with E-state index in [0.29, 0.717) is 23.2 Å². The molecule has 2 rings (SSSR count). The van der Waals surface area contributed by atoms with Gasteiger partial charge in [0.1, 0.15) is 17.1 Å². The molecule has 2 N–H and O–H groups in total. The van der Waals surface area contributed by atoms with Gasteiger partial charge in [0, 0.05) is 5.69 Å². The second-order valence-electron chi connectivity index (χ2n) is 6.24. The molecule has 0 aromatic heterocycles. The first-order chi connectivity index (χ1) is 11.8. The summed E-state index contributed by atoms with van der Waals surface area (Å²) in [6.07, 6.45) is 0. The van der Waals surface area contributed by atoms with Gasteiger partial charge < -0.3 is 15.2 Å². The lowest BCUT2D eigenvalue weighted by Crippen LogP contribution is -2.07. The summed E-state index contributed by atoms with van der Waals surface area (Å²) < 4.78 is 5.13. The summed E-state index contributed by atoms with van der Waals surface area (Å²) in [5.74, 6) is 0.462. The molecule has 0 radical (unpaired) electrons. The summed E-state index contributed by atoms with van der Waals surface area (Å²) in [5, 5.41) is 12.5. The predicted octanol–water partition coefficient (Wildman–Crippen LogP) is 4.99. The van der Waals surface area contributed by atoms with E-state index < -0.39 is 5.97 Å². The first kappa shape index (κ1) is 18.5. The van der Waals surface area contributed by atoms with Crippen LogP contribution in [0, 0.1) is 6.92 Å². The van der Waals surface area contributed by atoms with Crippen molar-refractivity contribution in [3.05, 3.63) is 53.1 Å². The van der Waals surface area contributed by atoms with Gasteiger partial charge in [-0.05, 0) is 55.2 Å². The number of carboxylic acid groups (broad SMARTS) is 1. The number of hydrogen-bond donors (Lipinski definition) is 2.